The minimum atomic E-state index is -3.31. The number of rotatable bonds is 1. The van der Waals surface area contributed by atoms with Crippen molar-refractivity contribution in [1.82, 2.24) is 0 Å². The largest absolute Gasteiger partial charge is 0.428 e. The minimum absolute atomic E-state index is 0.0455. The van der Waals surface area contributed by atoms with Crippen LogP contribution < -0.4 is 4.74 Å². The fourth-order valence-electron chi connectivity index (χ4n) is 3.21. The number of halogens is 2. The van der Waals surface area contributed by atoms with Crippen molar-refractivity contribution in [1.29, 1.82) is 0 Å². The van der Waals surface area contributed by atoms with Crippen LogP contribution in [0.1, 0.15) is 23.6 Å². The summed E-state index contributed by atoms with van der Waals surface area (Å²) >= 11 is 0. The topological polar surface area (TPSA) is 9.23 Å². The third kappa shape index (κ3) is 2.11. The molecule has 4 rings (SSSR count). The van der Waals surface area contributed by atoms with E-state index in [9.17, 15) is 8.78 Å². The van der Waals surface area contributed by atoms with Gasteiger partial charge in [0, 0.05) is 10.9 Å². The Kier molecular flexibility index (Phi) is 2.95. The van der Waals surface area contributed by atoms with E-state index >= 15 is 0 Å². The van der Waals surface area contributed by atoms with E-state index in [2.05, 4.69) is 0 Å². The number of aryl methyl sites for hydroxylation is 2. The summed E-state index contributed by atoms with van der Waals surface area (Å²) in [6.07, 6.45) is -2.60. The molecule has 0 unspecified atom stereocenters. The molecule has 0 N–H and O–H groups in total. The molecule has 3 aromatic rings. The highest BCUT2D eigenvalue weighted by Gasteiger charge is 2.42. The highest BCUT2D eigenvalue weighted by atomic mass is 19.3. The Hall–Kier alpha value is -2.42. The van der Waals surface area contributed by atoms with Crippen LogP contribution in [0.15, 0.2) is 48.5 Å². The summed E-state index contributed by atoms with van der Waals surface area (Å²) < 4.78 is 34.3. The van der Waals surface area contributed by atoms with Crippen molar-refractivity contribution in [2.24, 2.45) is 0 Å². The fraction of sp³-hybridized carbons (Fsp3) is 0.200. The van der Waals surface area contributed by atoms with Gasteiger partial charge in [0.05, 0.1) is 5.56 Å². The third-order valence-electron chi connectivity index (χ3n) is 4.45. The molecule has 0 aromatic heterocycles. The van der Waals surface area contributed by atoms with Crippen LogP contribution in [0.5, 0.6) is 5.75 Å². The molecule has 1 aliphatic heterocycles. The van der Waals surface area contributed by atoms with E-state index in [1.54, 1.807) is 12.1 Å². The molecule has 0 spiro atoms. The molecule has 0 amide bonds. The second kappa shape index (κ2) is 4.79. The highest BCUT2D eigenvalue weighted by molar-refractivity contribution is 5.96. The first kappa shape index (κ1) is 14.2. The Bertz CT molecular complexity index is 928. The van der Waals surface area contributed by atoms with Crippen LogP contribution in [-0.2, 0) is 12.5 Å². The maximum absolute atomic E-state index is 14.6. The van der Waals surface area contributed by atoms with Crippen LogP contribution in [0.4, 0.5) is 8.78 Å². The summed E-state index contributed by atoms with van der Waals surface area (Å²) in [4.78, 5) is 0. The molecule has 1 nitrogen and oxygen atoms in total. The summed E-state index contributed by atoms with van der Waals surface area (Å²) in [5.74, 6) is 0.268. The van der Waals surface area contributed by atoms with Crippen molar-refractivity contribution in [3.8, 4) is 16.9 Å². The molecule has 0 atom stereocenters. The van der Waals surface area contributed by atoms with E-state index < -0.39 is 6.11 Å². The molecule has 0 radical (unpaired) electrons. The molecule has 0 bridgehead atoms. The zero-order chi connectivity index (χ0) is 16.2. The zero-order valence-electron chi connectivity index (χ0n) is 13.0. The number of fused-ring (bicyclic) bond motifs is 5. The lowest BCUT2D eigenvalue weighted by Gasteiger charge is -2.29. The minimum Gasteiger partial charge on any atom is -0.428 e. The van der Waals surface area contributed by atoms with E-state index in [4.69, 9.17) is 4.74 Å². The van der Waals surface area contributed by atoms with Gasteiger partial charge >= 0.3 is 6.11 Å². The van der Waals surface area contributed by atoms with E-state index in [0.717, 1.165) is 27.5 Å². The zero-order valence-corrected chi connectivity index (χ0v) is 13.0. The van der Waals surface area contributed by atoms with Gasteiger partial charge < -0.3 is 4.74 Å². The van der Waals surface area contributed by atoms with Crippen LogP contribution in [0.3, 0.4) is 0 Å². The molecular formula is C20H16F2O. The van der Waals surface area contributed by atoms with Crippen molar-refractivity contribution in [2.75, 3.05) is 0 Å². The van der Waals surface area contributed by atoms with Crippen LogP contribution in [0.2, 0.25) is 0 Å². The summed E-state index contributed by atoms with van der Waals surface area (Å²) in [6.45, 7) is 3.93. The van der Waals surface area contributed by atoms with Crippen LogP contribution in [-0.4, -0.2) is 0 Å². The van der Waals surface area contributed by atoms with Gasteiger partial charge in [0.2, 0.25) is 0 Å². The van der Waals surface area contributed by atoms with Crippen LogP contribution >= 0.6 is 0 Å². The van der Waals surface area contributed by atoms with E-state index in [1.165, 1.54) is 0 Å². The van der Waals surface area contributed by atoms with Crippen LogP contribution in [0.25, 0.3) is 21.9 Å². The molecule has 0 fully saturated rings. The smallest absolute Gasteiger partial charge is 0.427 e. The Labute approximate surface area is 133 Å². The lowest BCUT2D eigenvalue weighted by molar-refractivity contribution is -0.186. The maximum Gasteiger partial charge on any atom is 0.427 e. The Balaban J connectivity index is 2.04. The van der Waals surface area contributed by atoms with E-state index in [-0.39, 0.29) is 11.3 Å². The number of benzene rings is 3. The Morgan fingerprint density at radius 1 is 0.957 bits per heavy atom. The van der Waals surface area contributed by atoms with Gasteiger partial charge in [-0.15, -0.1) is 0 Å². The van der Waals surface area contributed by atoms with Crippen molar-refractivity contribution >= 4 is 10.8 Å². The molecule has 0 aliphatic carbocycles. The molecule has 1 aliphatic rings. The predicted octanol–water partition coefficient (Wildman–Crippen LogP) is 5.82. The fourth-order valence-corrected chi connectivity index (χ4v) is 3.21. The SMILES string of the molecule is CCc1ccc2c(c1)C(F)(F)Oc1c-2ccc2cc(C)ccc12. The van der Waals surface area contributed by atoms with Gasteiger partial charge in [0.15, 0.2) is 0 Å². The van der Waals surface area contributed by atoms with Gasteiger partial charge in [-0.2, -0.15) is 8.78 Å². The highest BCUT2D eigenvalue weighted by Crippen LogP contribution is 2.49. The molecule has 0 saturated heterocycles. The van der Waals surface area contributed by atoms with E-state index in [0.29, 0.717) is 12.0 Å². The molecule has 1 heterocycles. The normalized spacial score (nSPS) is 15.0. The summed E-state index contributed by atoms with van der Waals surface area (Å²) in [5, 5.41) is 1.63. The summed E-state index contributed by atoms with van der Waals surface area (Å²) in [6, 6.07) is 14.8. The van der Waals surface area contributed by atoms with Gasteiger partial charge in [-0.05, 0) is 42.0 Å². The van der Waals surface area contributed by atoms with Crippen molar-refractivity contribution in [3.63, 3.8) is 0 Å². The lowest BCUT2D eigenvalue weighted by Crippen LogP contribution is -2.26. The molecule has 3 heteroatoms. The second-order valence-corrected chi connectivity index (χ2v) is 6.02. The van der Waals surface area contributed by atoms with Gasteiger partial charge in [-0.25, -0.2) is 0 Å². The average molecular weight is 310 g/mol. The average Bonchev–Trinajstić information content (AvgIpc) is 2.53. The number of alkyl halides is 2. The molecule has 116 valence electrons. The van der Waals surface area contributed by atoms with Crippen molar-refractivity contribution < 1.29 is 13.5 Å². The van der Waals surface area contributed by atoms with E-state index in [1.807, 2.05) is 50.2 Å². The number of hydrogen-bond acceptors (Lipinski definition) is 1. The van der Waals surface area contributed by atoms with Crippen molar-refractivity contribution in [3.05, 3.63) is 65.2 Å². The Morgan fingerprint density at radius 2 is 1.74 bits per heavy atom. The first-order chi connectivity index (χ1) is 11.0. The summed E-state index contributed by atoms with van der Waals surface area (Å²) in [7, 11) is 0. The molecule has 0 saturated carbocycles. The predicted molar refractivity (Wildman–Crippen MR) is 88.0 cm³/mol. The van der Waals surface area contributed by atoms with Gasteiger partial charge in [-0.3, -0.25) is 0 Å². The molecule has 3 aromatic carbocycles. The standard InChI is InChI=1S/C20H16F2O/c1-3-13-5-8-16-17-9-6-14-10-12(2)4-7-15(14)19(17)23-20(21,22)18(16)11-13/h4-11H,3H2,1-2H3. The number of hydrogen-bond donors (Lipinski definition) is 0. The van der Waals surface area contributed by atoms with Gasteiger partial charge in [-0.1, -0.05) is 48.9 Å². The third-order valence-corrected chi connectivity index (χ3v) is 4.45. The quantitative estimate of drug-likeness (QED) is 0.550. The molecular weight excluding hydrogens is 294 g/mol. The maximum atomic E-state index is 14.6. The summed E-state index contributed by atoms with van der Waals surface area (Å²) in [5.41, 5.74) is 3.21. The number of ether oxygens (including phenoxy) is 1. The monoisotopic (exact) mass is 310 g/mol. The lowest BCUT2D eigenvalue weighted by atomic mass is 9.91. The van der Waals surface area contributed by atoms with Gasteiger partial charge in [0.1, 0.15) is 5.75 Å². The Morgan fingerprint density at radius 3 is 2.52 bits per heavy atom. The van der Waals surface area contributed by atoms with Gasteiger partial charge in [0.25, 0.3) is 0 Å². The first-order valence-electron chi connectivity index (χ1n) is 7.73. The van der Waals surface area contributed by atoms with Crippen LogP contribution in [0, 0.1) is 6.92 Å². The second-order valence-electron chi connectivity index (χ2n) is 6.02. The first-order valence-corrected chi connectivity index (χ1v) is 7.73. The van der Waals surface area contributed by atoms with Crippen molar-refractivity contribution in [2.45, 2.75) is 26.4 Å². The molecule has 23 heavy (non-hydrogen) atoms.